The Morgan fingerprint density at radius 3 is 2.50 bits per heavy atom. The van der Waals surface area contributed by atoms with Crippen LogP contribution in [-0.2, 0) is 6.42 Å². The molecular formula is C17H25N3. The quantitative estimate of drug-likeness (QED) is 0.804. The first-order chi connectivity index (χ1) is 9.63. The van der Waals surface area contributed by atoms with Gasteiger partial charge < -0.3 is 9.80 Å². The molecule has 108 valence electrons. The average molecular weight is 271 g/mol. The number of aromatic nitrogens is 1. The van der Waals surface area contributed by atoms with Crippen LogP contribution in [0.15, 0.2) is 30.5 Å². The molecule has 0 bridgehead atoms. The molecule has 0 aliphatic heterocycles. The largest absolute Gasteiger partial charge is 0.359 e. The fourth-order valence-electron chi connectivity index (χ4n) is 2.60. The lowest BCUT2D eigenvalue weighted by atomic mass is 10.0. The third-order valence-corrected chi connectivity index (χ3v) is 3.72. The summed E-state index contributed by atoms with van der Waals surface area (Å²) in [6.45, 7) is 4.34. The standard InChI is InChI=1S/C17H25N3/c1-5-14-8-6-9-16-15(14)10-11-18-17(16)20(4)13-7-12-19(2)3/h6,8-11H,5,7,12-13H2,1-4H3. The van der Waals surface area contributed by atoms with Crippen LogP contribution in [0, 0.1) is 0 Å². The molecule has 0 unspecified atom stereocenters. The lowest BCUT2D eigenvalue weighted by Crippen LogP contribution is -2.24. The predicted molar refractivity (Wildman–Crippen MR) is 87.6 cm³/mol. The van der Waals surface area contributed by atoms with Crippen LogP contribution < -0.4 is 4.90 Å². The normalized spacial score (nSPS) is 11.2. The van der Waals surface area contributed by atoms with Gasteiger partial charge in [0, 0.05) is 25.2 Å². The van der Waals surface area contributed by atoms with Gasteiger partial charge in [0.05, 0.1) is 0 Å². The molecule has 0 N–H and O–H groups in total. The van der Waals surface area contributed by atoms with Gasteiger partial charge in [0.25, 0.3) is 0 Å². The molecule has 0 amide bonds. The molecule has 0 atom stereocenters. The topological polar surface area (TPSA) is 19.4 Å². The molecule has 1 aromatic carbocycles. The Hall–Kier alpha value is -1.61. The summed E-state index contributed by atoms with van der Waals surface area (Å²) in [6.07, 6.45) is 4.14. The molecule has 0 radical (unpaired) electrons. The van der Waals surface area contributed by atoms with Crippen LogP contribution in [0.25, 0.3) is 10.8 Å². The monoisotopic (exact) mass is 271 g/mol. The van der Waals surface area contributed by atoms with Gasteiger partial charge in [-0.15, -0.1) is 0 Å². The highest BCUT2D eigenvalue weighted by molar-refractivity contribution is 5.94. The van der Waals surface area contributed by atoms with E-state index in [0.717, 1.165) is 31.7 Å². The molecule has 0 aliphatic carbocycles. The van der Waals surface area contributed by atoms with Gasteiger partial charge in [-0.25, -0.2) is 4.98 Å². The van der Waals surface area contributed by atoms with E-state index >= 15 is 0 Å². The first-order valence-electron chi connectivity index (χ1n) is 7.36. The Kier molecular flexibility index (Phi) is 4.96. The molecule has 2 rings (SSSR count). The molecule has 0 saturated heterocycles. The minimum absolute atomic E-state index is 1.03. The van der Waals surface area contributed by atoms with Crippen molar-refractivity contribution in [3.8, 4) is 0 Å². The van der Waals surface area contributed by atoms with Gasteiger partial charge in [0.2, 0.25) is 0 Å². The van der Waals surface area contributed by atoms with Gasteiger partial charge >= 0.3 is 0 Å². The maximum absolute atomic E-state index is 4.59. The molecule has 0 aliphatic rings. The van der Waals surface area contributed by atoms with Gasteiger partial charge in [-0.1, -0.05) is 25.1 Å². The third-order valence-electron chi connectivity index (χ3n) is 3.72. The van der Waals surface area contributed by atoms with Crippen molar-refractivity contribution in [2.75, 3.05) is 39.1 Å². The van der Waals surface area contributed by atoms with E-state index in [2.05, 4.69) is 67.1 Å². The average Bonchev–Trinajstić information content (AvgIpc) is 2.45. The minimum atomic E-state index is 1.03. The second-order valence-electron chi connectivity index (χ2n) is 5.58. The summed E-state index contributed by atoms with van der Waals surface area (Å²) in [5.74, 6) is 1.09. The fourth-order valence-corrected chi connectivity index (χ4v) is 2.60. The molecule has 1 aromatic heterocycles. The van der Waals surface area contributed by atoms with Crippen molar-refractivity contribution in [2.24, 2.45) is 0 Å². The van der Waals surface area contributed by atoms with E-state index in [4.69, 9.17) is 0 Å². The molecule has 3 heteroatoms. The predicted octanol–water partition coefficient (Wildman–Crippen LogP) is 3.19. The molecule has 0 fully saturated rings. The van der Waals surface area contributed by atoms with Crippen molar-refractivity contribution in [1.29, 1.82) is 0 Å². The third kappa shape index (κ3) is 3.28. The van der Waals surface area contributed by atoms with Crippen molar-refractivity contribution in [2.45, 2.75) is 19.8 Å². The summed E-state index contributed by atoms with van der Waals surface area (Å²) in [5.41, 5.74) is 1.40. The zero-order valence-electron chi connectivity index (χ0n) is 13.1. The Balaban J connectivity index is 2.25. The SMILES string of the molecule is CCc1cccc2c(N(C)CCCN(C)C)nccc12. The van der Waals surface area contributed by atoms with Gasteiger partial charge in [-0.05, 0) is 50.5 Å². The van der Waals surface area contributed by atoms with Crippen LogP contribution in [0.5, 0.6) is 0 Å². The number of anilines is 1. The number of pyridine rings is 1. The summed E-state index contributed by atoms with van der Waals surface area (Å²) >= 11 is 0. The Morgan fingerprint density at radius 1 is 1.00 bits per heavy atom. The lowest BCUT2D eigenvalue weighted by molar-refractivity contribution is 0.401. The van der Waals surface area contributed by atoms with Crippen molar-refractivity contribution < 1.29 is 0 Å². The number of hydrogen-bond acceptors (Lipinski definition) is 3. The van der Waals surface area contributed by atoms with Crippen LogP contribution in [0.1, 0.15) is 18.9 Å². The van der Waals surface area contributed by atoms with Crippen molar-refractivity contribution in [3.63, 3.8) is 0 Å². The minimum Gasteiger partial charge on any atom is -0.359 e. The van der Waals surface area contributed by atoms with Crippen LogP contribution in [-0.4, -0.2) is 44.1 Å². The second-order valence-corrected chi connectivity index (χ2v) is 5.58. The number of hydrogen-bond donors (Lipinski definition) is 0. The zero-order valence-corrected chi connectivity index (χ0v) is 13.1. The number of nitrogens with zero attached hydrogens (tertiary/aromatic N) is 3. The first kappa shape index (κ1) is 14.8. The summed E-state index contributed by atoms with van der Waals surface area (Å²) in [4.78, 5) is 9.08. The molecular weight excluding hydrogens is 246 g/mol. The molecule has 1 heterocycles. The van der Waals surface area contributed by atoms with Gasteiger partial charge in [0.1, 0.15) is 5.82 Å². The molecule has 0 spiro atoms. The van der Waals surface area contributed by atoms with Crippen molar-refractivity contribution in [1.82, 2.24) is 9.88 Å². The van der Waals surface area contributed by atoms with Crippen LogP contribution in [0.3, 0.4) is 0 Å². The van der Waals surface area contributed by atoms with Gasteiger partial charge in [-0.2, -0.15) is 0 Å². The summed E-state index contributed by atoms with van der Waals surface area (Å²) in [5, 5.41) is 2.60. The van der Waals surface area contributed by atoms with E-state index in [1.165, 1.54) is 16.3 Å². The van der Waals surface area contributed by atoms with E-state index in [1.807, 2.05) is 6.20 Å². The number of aryl methyl sites for hydroxylation is 1. The number of fused-ring (bicyclic) bond motifs is 1. The Morgan fingerprint density at radius 2 is 1.80 bits per heavy atom. The molecule has 0 saturated carbocycles. The lowest BCUT2D eigenvalue weighted by Gasteiger charge is -2.21. The Labute approximate surface area is 122 Å². The van der Waals surface area contributed by atoms with Crippen LogP contribution >= 0.6 is 0 Å². The molecule has 3 nitrogen and oxygen atoms in total. The van der Waals surface area contributed by atoms with E-state index in [1.54, 1.807) is 0 Å². The van der Waals surface area contributed by atoms with Crippen molar-refractivity contribution >= 4 is 16.6 Å². The van der Waals surface area contributed by atoms with E-state index in [0.29, 0.717) is 0 Å². The zero-order chi connectivity index (χ0) is 14.5. The highest BCUT2D eigenvalue weighted by Crippen LogP contribution is 2.26. The van der Waals surface area contributed by atoms with Gasteiger partial charge in [0.15, 0.2) is 0 Å². The van der Waals surface area contributed by atoms with Crippen LogP contribution in [0.4, 0.5) is 5.82 Å². The summed E-state index contributed by atoms with van der Waals surface area (Å²) < 4.78 is 0. The Bertz CT molecular complexity index is 563. The number of rotatable bonds is 6. The van der Waals surface area contributed by atoms with Crippen molar-refractivity contribution in [3.05, 3.63) is 36.0 Å². The highest BCUT2D eigenvalue weighted by Gasteiger charge is 2.09. The second kappa shape index (κ2) is 6.71. The maximum Gasteiger partial charge on any atom is 0.136 e. The maximum atomic E-state index is 4.59. The van der Waals surface area contributed by atoms with Crippen LogP contribution in [0.2, 0.25) is 0 Å². The smallest absolute Gasteiger partial charge is 0.136 e. The molecule has 2 aromatic rings. The summed E-state index contributed by atoms with van der Waals surface area (Å²) in [6, 6.07) is 8.66. The van der Waals surface area contributed by atoms with Gasteiger partial charge in [-0.3, -0.25) is 0 Å². The first-order valence-corrected chi connectivity index (χ1v) is 7.36. The highest BCUT2D eigenvalue weighted by atomic mass is 15.2. The fraction of sp³-hybridized carbons (Fsp3) is 0.471. The summed E-state index contributed by atoms with van der Waals surface area (Å²) in [7, 11) is 6.36. The van der Waals surface area contributed by atoms with E-state index in [-0.39, 0.29) is 0 Å². The molecule has 20 heavy (non-hydrogen) atoms. The van der Waals surface area contributed by atoms with E-state index < -0.39 is 0 Å². The van der Waals surface area contributed by atoms with E-state index in [9.17, 15) is 0 Å². The number of benzene rings is 1.